The van der Waals surface area contributed by atoms with Crippen molar-refractivity contribution in [2.75, 3.05) is 25.6 Å². The van der Waals surface area contributed by atoms with E-state index in [1.165, 1.54) is 0 Å². The van der Waals surface area contributed by atoms with Gasteiger partial charge in [0, 0.05) is 28.9 Å². The topological polar surface area (TPSA) is 50.4 Å². The van der Waals surface area contributed by atoms with E-state index in [1.807, 2.05) is 6.92 Å². The Morgan fingerprint density at radius 3 is 2.50 bits per heavy atom. The fourth-order valence-electron chi connectivity index (χ4n) is 1.46. The lowest BCUT2D eigenvalue weighted by Crippen LogP contribution is -2.39. The molecule has 1 aromatic carbocycles. The maximum absolute atomic E-state index is 11.6. The summed E-state index contributed by atoms with van der Waals surface area (Å²) in [6.07, 6.45) is 0. The molecule has 1 aromatic rings. The number of carbonyl (C=O) groups excluding carboxylic acids is 1. The first-order chi connectivity index (χ1) is 8.51. The van der Waals surface area contributed by atoms with E-state index in [1.54, 1.807) is 25.3 Å². The van der Waals surface area contributed by atoms with Crippen molar-refractivity contribution in [3.63, 3.8) is 0 Å². The number of rotatable bonds is 6. The Bertz CT molecular complexity index is 393. The Kier molecular flexibility index (Phi) is 6.25. The summed E-state index contributed by atoms with van der Waals surface area (Å²) in [5.41, 5.74) is 0.710. The van der Waals surface area contributed by atoms with Crippen LogP contribution in [0.4, 0.5) is 5.69 Å². The van der Waals surface area contributed by atoms with E-state index >= 15 is 0 Å². The zero-order valence-electron chi connectivity index (χ0n) is 10.3. The van der Waals surface area contributed by atoms with Crippen molar-refractivity contribution >= 4 is 34.8 Å². The van der Waals surface area contributed by atoms with Crippen molar-refractivity contribution in [1.82, 2.24) is 5.32 Å². The average molecular weight is 291 g/mol. The molecule has 0 heterocycles. The number of halogens is 2. The number of amides is 1. The molecule has 0 radical (unpaired) electrons. The number of benzene rings is 1. The molecule has 0 aliphatic carbocycles. The maximum atomic E-state index is 11.6. The van der Waals surface area contributed by atoms with Gasteiger partial charge >= 0.3 is 0 Å². The molecule has 0 aliphatic heterocycles. The molecule has 18 heavy (non-hydrogen) atoms. The largest absolute Gasteiger partial charge is 0.383 e. The number of methoxy groups -OCH3 is 1. The highest BCUT2D eigenvalue weighted by Crippen LogP contribution is 2.22. The van der Waals surface area contributed by atoms with Crippen LogP contribution >= 0.6 is 23.2 Å². The Hall–Kier alpha value is -0.970. The Labute approximate surface area is 117 Å². The molecule has 1 atom stereocenters. The molecule has 0 aliphatic rings. The van der Waals surface area contributed by atoms with Crippen molar-refractivity contribution in [3.05, 3.63) is 28.2 Å². The van der Waals surface area contributed by atoms with E-state index < -0.39 is 0 Å². The van der Waals surface area contributed by atoms with E-state index in [-0.39, 0.29) is 18.5 Å². The molecular formula is C12H16Cl2N2O2. The van der Waals surface area contributed by atoms with Crippen LogP contribution in [0.3, 0.4) is 0 Å². The number of carbonyl (C=O) groups is 1. The van der Waals surface area contributed by atoms with E-state index in [0.29, 0.717) is 22.3 Å². The van der Waals surface area contributed by atoms with Gasteiger partial charge in [0.05, 0.1) is 13.2 Å². The Morgan fingerprint density at radius 1 is 1.33 bits per heavy atom. The zero-order chi connectivity index (χ0) is 13.5. The van der Waals surface area contributed by atoms with Crippen molar-refractivity contribution in [2.45, 2.75) is 13.0 Å². The first kappa shape index (κ1) is 15.1. The van der Waals surface area contributed by atoms with Gasteiger partial charge < -0.3 is 15.4 Å². The third kappa shape index (κ3) is 5.58. The smallest absolute Gasteiger partial charge is 0.239 e. The molecule has 0 aromatic heterocycles. The fraction of sp³-hybridized carbons (Fsp3) is 0.417. The minimum atomic E-state index is -0.115. The Morgan fingerprint density at radius 2 is 1.94 bits per heavy atom. The van der Waals surface area contributed by atoms with Gasteiger partial charge in [0.1, 0.15) is 0 Å². The second kappa shape index (κ2) is 7.46. The maximum Gasteiger partial charge on any atom is 0.239 e. The Balaban J connectivity index is 2.42. The summed E-state index contributed by atoms with van der Waals surface area (Å²) < 4.78 is 4.93. The second-order valence-corrected chi connectivity index (χ2v) is 4.81. The van der Waals surface area contributed by atoms with Crippen molar-refractivity contribution in [2.24, 2.45) is 0 Å². The van der Waals surface area contributed by atoms with Gasteiger partial charge in [-0.15, -0.1) is 0 Å². The molecule has 0 saturated heterocycles. The van der Waals surface area contributed by atoms with E-state index in [0.717, 1.165) is 0 Å². The molecule has 2 N–H and O–H groups in total. The average Bonchev–Trinajstić information content (AvgIpc) is 2.25. The third-order valence-electron chi connectivity index (χ3n) is 2.14. The van der Waals surface area contributed by atoms with Crippen LogP contribution in [0.25, 0.3) is 0 Å². The number of hydrogen-bond acceptors (Lipinski definition) is 3. The van der Waals surface area contributed by atoms with Crippen LogP contribution < -0.4 is 10.6 Å². The van der Waals surface area contributed by atoms with Gasteiger partial charge in [0.25, 0.3) is 0 Å². The molecule has 1 unspecified atom stereocenters. The highest BCUT2D eigenvalue weighted by Gasteiger charge is 2.07. The van der Waals surface area contributed by atoms with Crippen LogP contribution in [0, 0.1) is 0 Å². The summed E-state index contributed by atoms with van der Waals surface area (Å²) >= 11 is 11.7. The van der Waals surface area contributed by atoms with Gasteiger partial charge in [-0.2, -0.15) is 0 Å². The summed E-state index contributed by atoms with van der Waals surface area (Å²) in [7, 11) is 1.59. The monoisotopic (exact) mass is 290 g/mol. The zero-order valence-corrected chi connectivity index (χ0v) is 11.8. The fourth-order valence-corrected chi connectivity index (χ4v) is 1.98. The quantitative estimate of drug-likeness (QED) is 0.847. The summed E-state index contributed by atoms with van der Waals surface area (Å²) in [5.74, 6) is -0.115. The van der Waals surface area contributed by atoms with Crippen molar-refractivity contribution in [3.8, 4) is 0 Å². The summed E-state index contributed by atoms with van der Waals surface area (Å²) in [6.45, 7) is 2.51. The van der Waals surface area contributed by atoms with Crippen LogP contribution in [-0.2, 0) is 9.53 Å². The lowest BCUT2D eigenvalue weighted by Gasteiger charge is -2.13. The standard InChI is InChI=1S/C12H16Cl2N2O2/c1-8(7-18-2)16-12(17)6-15-11-4-9(13)3-10(14)5-11/h3-5,8,15H,6-7H2,1-2H3,(H,16,17). The molecule has 0 spiro atoms. The van der Waals surface area contributed by atoms with Crippen LogP contribution in [-0.4, -0.2) is 32.2 Å². The number of ether oxygens (including phenoxy) is 1. The first-order valence-electron chi connectivity index (χ1n) is 5.49. The van der Waals surface area contributed by atoms with E-state index in [2.05, 4.69) is 10.6 Å². The lowest BCUT2D eigenvalue weighted by atomic mass is 10.3. The predicted molar refractivity (Wildman–Crippen MR) is 74.4 cm³/mol. The summed E-state index contributed by atoms with van der Waals surface area (Å²) in [4.78, 5) is 11.6. The SMILES string of the molecule is COCC(C)NC(=O)CNc1cc(Cl)cc(Cl)c1. The van der Waals surface area contributed by atoms with Gasteiger partial charge in [-0.3, -0.25) is 4.79 Å². The minimum Gasteiger partial charge on any atom is -0.383 e. The van der Waals surface area contributed by atoms with Gasteiger partial charge in [0.2, 0.25) is 5.91 Å². The second-order valence-electron chi connectivity index (χ2n) is 3.94. The number of hydrogen-bond donors (Lipinski definition) is 2. The van der Waals surface area contributed by atoms with Crippen LogP contribution in [0.15, 0.2) is 18.2 Å². The number of nitrogens with one attached hydrogen (secondary N) is 2. The van der Waals surface area contributed by atoms with Crippen molar-refractivity contribution < 1.29 is 9.53 Å². The van der Waals surface area contributed by atoms with Crippen LogP contribution in [0.1, 0.15) is 6.92 Å². The molecule has 4 nitrogen and oxygen atoms in total. The lowest BCUT2D eigenvalue weighted by molar-refractivity contribution is -0.120. The van der Waals surface area contributed by atoms with E-state index in [4.69, 9.17) is 27.9 Å². The molecular weight excluding hydrogens is 275 g/mol. The molecule has 0 bridgehead atoms. The van der Waals surface area contributed by atoms with Crippen LogP contribution in [0.2, 0.25) is 10.0 Å². The molecule has 6 heteroatoms. The van der Waals surface area contributed by atoms with Gasteiger partial charge in [-0.25, -0.2) is 0 Å². The van der Waals surface area contributed by atoms with Gasteiger partial charge in [0.15, 0.2) is 0 Å². The normalized spacial score (nSPS) is 12.0. The third-order valence-corrected chi connectivity index (χ3v) is 2.58. The summed E-state index contributed by atoms with van der Waals surface area (Å²) in [5, 5.41) is 6.79. The molecule has 0 fully saturated rings. The molecule has 1 amide bonds. The minimum absolute atomic E-state index is 0.0211. The van der Waals surface area contributed by atoms with E-state index in [9.17, 15) is 4.79 Å². The molecule has 1 rings (SSSR count). The molecule has 100 valence electrons. The number of anilines is 1. The van der Waals surface area contributed by atoms with Gasteiger partial charge in [-0.1, -0.05) is 23.2 Å². The molecule has 0 saturated carbocycles. The highest BCUT2D eigenvalue weighted by atomic mass is 35.5. The van der Waals surface area contributed by atoms with Crippen LogP contribution in [0.5, 0.6) is 0 Å². The first-order valence-corrected chi connectivity index (χ1v) is 6.25. The summed E-state index contributed by atoms with van der Waals surface area (Å²) in [6, 6.07) is 5.03. The van der Waals surface area contributed by atoms with Gasteiger partial charge in [-0.05, 0) is 25.1 Å². The predicted octanol–water partition coefficient (Wildman–Crippen LogP) is 2.56. The highest BCUT2D eigenvalue weighted by molar-refractivity contribution is 6.35. The van der Waals surface area contributed by atoms with Crippen molar-refractivity contribution in [1.29, 1.82) is 0 Å².